The van der Waals surface area contributed by atoms with Crippen molar-refractivity contribution in [1.29, 1.82) is 0 Å². The first kappa shape index (κ1) is 13.9. The van der Waals surface area contributed by atoms with Crippen molar-refractivity contribution < 1.29 is 0 Å². The zero-order chi connectivity index (χ0) is 13.9. The zero-order valence-electron chi connectivity index (χ0n) is 10.8. The highest BCUT2D eigenvalue weighted by atomic mass is 79.9. The monoisotopic (exact) mass is 361 g/mol. The maximum atomic E-state index is 4.73. The molecule has 0 spiro atoms. The Labute approximate surface area is 135 Å². The molecule has 2 aromatic carbocycles. The van der Waals surface area contributed by atoms with Crippen LogP contribution in [0.25, 0.3) is 21.8 Å². The van der Waals surface area contributed by atoms with Crippen LogP contribution in [-0.2, 0) is 0 Å². The molecule has 3 aromatic rings. The van der Waals surface area contributed by atoms with E-state index in [4.69, 9.17) is 4.98 Å². The Morgan fingerprint density at radius 1 is 0.950 bits per heavy atom. The number of halogens is 1. The number of rotatable bonds is 3. The van der Waals surface area contributed by atoms with E-state index in [1.807, 2.05) is 12.1 Å². The average molecular weight is 362 g/mol. The van der Waals surface area contributed by atoms with Crippen molar-refractivity contribution in [3.05, 3.63) is 58.4 Å². The minimum Gasteiger partial charge on any atom is -0.236 e. The number of hydrogen-bond donors (Lipinski definition) is 0. The lowest BCUT2D eigenvalue weighted by atomic mass is 10.2. The fourth-order valence-electron chi connectivity index (χ4n) is 1.89. The van der Waals surface area contributed by atoms with E-state index in [2.05, 4.69) is 64.0 Å². The van der Waals surface area contributed by atoms with Crippen LogP contribution < -0.4 is 0 Å². The first-order valence-corrected chi connectivity index (χ1v) is 9.02. The molecule has 20 heavy (non-hydrogen) atoms. The summed E-state index contributed by atoms with van der Waals surface area (Å²) in [4.78, 5) is 6.01. The van der Waals surface area contributed by atoms with Gasteiger partial charge in [0, 0.05) is 25.9 Å². The Morgan fingerprint density at radius 2 is 1.60 bits per heavy atom. The molecule has 1 heterocycles. The van der Waals surface area contributed by atoms with Gasteiger partial charge in [0.2, 0.25) is 0 Å². The van der Waals surface area contributed by atoms with Crippen molar-refractivity contribution in [3.8, 4) is 21.8 Å². The molecule has 3 rings (SSSR count). The minimum absolute atomic E-state index is 1.03. The number of nitrogens with zero attached hydrogens (tertiary/aromatic N) is 1. The summed E-state index contributed by atoms with van der Waals surface area (Å²) in [5.74, 6) is 0. The summed E-state index contributed by atoms with van der Waals surface area (Å²) in [5.41, 5.74) is 3.36. The van der Waals surface area contributed by atoms with E-state index >= 15 is 0 Å². The van der Waals surface area contributed by atoms with Gasteiger partial charge in [-0.2, -0.15) is 0 Å². The molecule has 0 N–H and O–H groups in total. The van der Waals surface area contributed by atoms with Crippen molar-refractivity contribution in [2.75, 3.05) is 6.26 Å². The highest BCUT2D eigenvalue weighted by Gasteiger charge is 2.06. The summed E-state index contributed by atoms with van der Waals surface area (Å²) in [7, 11) is 0. The van der Waals surface area contributed by atoms with Gasteiger partial charge >= 0.3 is 0 Å². The Morgan fingerprint density at radius 3 is 2.25 bits per heavy atom. The lowest BCUT2D eigenvalue weighted by Crippen LogP contribution is -1.80. The van der Waals surface area contributed by atoms with Gasteiger partial charge in [0.1, 0.15) is 5.01 Å². The van der Waals surface area contributed by atoms with Gasteiger partial charge in [0.15, 0.2) is 0 Å². The van der Waals surface area contributed by atoms with Crippen molar-refractivity contribution in [2.45, 2.75) is 4.90 Å². The van der Waals surface area contributed by atoms with Gasteiger partial charge in [-0.05, 0) is 30.5 Å². The highest BCUT2D eigenvalue weighted by Crippen LogP contribution is 2.30. The predicted molar refractivity (Wildman–Crippen MR) is 92.5 cm³/mol. The van der Waals surface area contributed by atoms with E-state index < -0.39 is 0 Å². The number of aromatic nitrogens is 1. The maximum absolute atomic E-state index is 4.73. The van der Waals surface area contributed by atoms with Crippen LogP contribution in [0.1, 0.15) is 0 Å². The average Bonchev–Trinajstić information content (AvgIpc) is 2.98. The van der Waals surface area contributed by atoms with Crippen LogP contribution in [0.2, 0.25) is 0 Å². The molecule has 100 valence electrons. The molecule has 0 amide bonds. The molecular weight excluding hydrogens is 350 g/mol. The largest absolute Gasteiger partial charge is 0.236 e. The molecule has 0 saturated carbocycles. The van der Waals surface area contributed by atoms with E-state index in [-0.39, 0.29) is 0 Å². The number of thiazole rings is 1. The third kappa shape index (κ3) is 2.97. The molecule has 0 aliphatic heterocycles. The fourth-order valence-corrected chi connectivity index (χ4v) is 3.40. The quantitative estimate of drug-likeness (QED) is 0.533. The van der Waals surface area contributed by atoms with Crippen LogP contribution in [-0.4, -0.2) is 11.2 Å². The van der Waals surface area contributed by atoms with E-state index in [0.29, 0.717) is 0 Å². The third-order valence-electron chi connectivity index (χ3n) is 2.98. The van der Waals surface area contributed by atoms with Crippen molar-refractivity contribution >= 4 is 39.0 Å². The van der Waals surface area contributed by atoms with Crippen LogP contribution in [0, 0.1) is 0 Å². The number of benzene rings is 2. The lowest BCUT2D eigenvalue weighted by molar-refractivity contribution is 1.38. The number of hydrogen-bond acceptors (Lipinski definition) is 3. The molecule has 0 atom stereocenters. The summed E-state index contributed by atoms with van der Waals surface area (Å²) >= 11 is 6.89. The molecule has 0 bridgehead atoms. The minimum atomic E-state index is 1.03. The molecule has 1 nitrogen and oxygen atoms in total. The van der Waals surface area contributed by atoms with Crippen LogP contribution in [0.3, 0.4) is 0 Å². The topological polar surface area (TPSA) is 12.9 Å². The van der Waals surface area contributed by atoms with Crippen LogP contribution >= 0.6 is 39.0 Å². The van der Waals surface area contributed by atoms with Crippen molar-refractivity contribution in [2.24, 2.45) is 0 Å². The van der Waals surface area contributed by atoms with Crippen LogP contribution in [0.4, 0.5) is 0 Å². The zero-order valence-corrected chi connectivity index (χ0v) is 14.1. The smallest absolute Gasteiger partial charge is 0.124 e. The first-order valence-electron chi connectivity index (χ1n) is 6.12. The Hall–Kier alpha value is -1.10. The maximum Gasteiger partial charge on any atom is 0.124 e. The normalized spacial score (nSPS) is 10.7. The highest BCUT2D eigenvalue weighted by molar-refractivity contribution is 9.10. The molecule has 0 unspecified atom stereocenters. The van der Waals surface area contributed by atoms with Crippen molar-refractivity contribution in [3.63, 3.8) is 0 Å². The van der Waals surface area contributed by atoms with Gasteiger partial charge in [-0.3, -0.25) is 0 Å². The van der Waals surface area contributed by atoms with E-state index in [9.17, 15) is 0 Å². The van der Waals surface area contributed by atoms with E-state index in [0.717, 1.165) is 20.7 Å². The molecule has 1 aromatic heterocycles. The third-order valence-corrected chi connectivity index (χ3v) is 5.14. The van der Waals surface area contributed by atoms with Gasteiger partial charge in [-0.1, -0.05) is 40.2 Å². The second-order valence-electron chi connectivity index (χ2n) is 4.27. The van der Waals surface area contributed by atoms with Crippen LogP contribution in [0.15, 0.2) is 63.3 Å². The van der Waals surface area contributed by atoms with Gasteiger partial charge in [0.05, 0.1) is 5.69 Å². The Bertz CT molecular complexity index is 702. The standard InChI is InChI=1S/C16H12BrNS2/c1-19-14-8-4-12(5-9-14)16-18-15(10-20-16)11-2-6-13(17)7-3-11/h2-10H,1H3. The molecule has 0 aliphatic rings. The second kappa shape index (κ2) is 6.12. The Kier molecular flexibility index (Phi) is 4.24. The SMILES string of the molecule is CSc1ccc(-c2nc(-c3ccc(Br)cc3)cs2)cc1. The van der Waals surface area contributed by atoms with E-state index in [1.165, 1.54) is 10.5 Å². The first-order chi connectivity index (χ1) is 9.76. The number of thioether (sulfide) groups is 1. The predicted octanol–water partition coefficient (Wildman–Crippen LogP) is 5.96. The summed E-state index contributed by atoms with van der Waals surface area (Å²) in [6.07, 6.45) is 2.09. The van der Waals surface area contributed by atoms with Gasteiger partial charge in [-0.15, -0.1) is 23.1 Å². The van der Waals surface area contributed by atoms with Gasteiger partial charge < -0.3 is 0 Å². The summed E-state index contributed by atoms with van der Waals surface area (Å²) in [5, 5.41) is 3.18. The molecule has 0 aliphatic carbocycles. The molecular formula is C16H12BrNS2. The molecule has 4 heteroatoms. The lowest BCUT2D eigenvalue weighted by Gasteiger charge is -1.99. The fraction of sp³-hybridized carbons (Fsp3) is 0.0625. The molecule has 0 fully saturated rings. The second-order valence-corrected chi connectivity index (χ2v) is 6.93. The summed E-state index contributed by atoms with van der Waals surface area (Å²) in [6.45, 7) is 0. The Balaban J connectivity index is 1.91. The van der Waals surface area contributed by atoms with Crippen molar-refractivity contribution in [1.82, 2.24) is 4.98 Å². The van der Waals surface area contributed by atoms with Gasteiger partial charge in [0.25, 0.3) is 0 Å². The van der Waals surface area contributed by atoms with Crippen LogP contribution in [0.5, 0.6) is 0 Å². The van der Waals surface area contributed by atoms with Gasteiger partial charge in [-0.25, -0.2) is 4.98 Å². The summed E-state index contributed by atoms with van der Waals surface area (Å²) < 4.78 is 1.09. The summed E-state index contributed by atoms with van der Waals surface area (Å²) in [6, 6.07) is 16.8. The molecule has 0 radical (unpaired) electrons. The van der Waals surface area contributed by atoms with E-state index in [1.54, 1.807) is 23.1 Å². The molecule has 0 saturated heterocycles.